The van der Waals surface area contributed by atoms with E-state index in [0.29, 0.717) is 17.4 Å². The zero-order valence-electron chi connectivity index (χ0n) is 15.9. The molecule has 1 amide bonds. The van der Waals surface area contributed by atoms with Crippen LogP contribution in [0, 0.1) is 0 Å². The normalized spacial score (nSPS) is 16.4. The number of pyridine rings is 2. The summed E-state index contributed by atoms with van der Waals surface area (Å²) in [7, 11) is 0. The van der Waals surface area contributed by atoms with Crippen LogP contribution in [0.1, 0.15) is 24.2 Å². The quantitative estimate of drug-likeness (QED) is 0.550. The number of anilines is 2. The standard InChI is InChI=1S/C22H17ClN6O/c23-13-1-3-17-16(9-13)27-20(29(17)14-2-4-19(24)26-10-14)12-28-18-11-25-8-5-15(18)22(6-7-22)21(28)30/h1-5,8-11H,6-7,12H2,(H2,24,26). The molecule has 1 aliphatic heterocycles. The van der Waals surface area contributed by atoms with E-state index < -0.39 is 0 Å². The average molecular weight is 417 g/mol. The number of benzene rings is 1. The van der Waals surface area contributed by atoms with Gasteiger partial charge in [0.25, 0.3) is 0 Å². The molecule has 2 aliphatic rings. The fourth-order valence-electron chi connectivity index (χ4n) is 4.42. The highest BCUT2D eigenvalue weighted by Gasteiger charge is 2.59. The summed E-state index contributed by atoms with van der Waals surface area (Å²) in [6.07, 6.45) is 7.00. The third kappa shape index (κ3) is 2.39. The molecular formula is C22H17ClN6O. The second kappa shape index (κ2) is 6.03. The van der Waals surface area contributed by atoms with Gasteiger partial charge in [0.15, 0.2) is 0 Å². The van der Waals surface area contributed by atoms with Crippen LogP contribution in [-0.2, 0) is 16.8 Å². The largest absolute Gasteiger partial charge is 0.384 e. The molecule has 1 spiro atoms. The average Bonchev–Trinajstić information content (AvgIpc) is 3.44. The number of rotatable bonds is 3. The number of hydrogen-bond acceptors (Lipinski definition) is 5. The minimum atomic E-state index is -0.374. The van der Waals surface area contributed by atoms with Crippen molar-refractivity contribution < 1.29 is 4.79 Å². The first-order valence-electron chi connectivity index (χ1n) is 9.72. The summed E-state index contributed by atoms with van der Waals surface area (Å²) < 4.78 is 2.00. The molecule has 30 heavy (non-hydrogen) atoms. The van der Waals surface area contributed by atoms with Crippen molar-refractivity contribution in [1.29, 1.82) is 0 Å². The molecule has 1 aliphatic carbocycles. The van der Waals surface area contributed by atoms with Gasteiger partial charge in [0, 0.05) is 11.2 Å². The Bertz CT molecular complexity index is 1330. The van der Waals surface area contributed by atoms with Crippen LogP contribution in [-0.4, -0.2) is 25.4 Å². The van der Waals surface area contributed by atoms with Crippen molar-refractivity contribution in [1.82, 2.24) is 19.5 Å². The second-order valence-electron chi connectivity index (χ2n) is 7.80. The van der Waals surface area contributed by atoms with E-state index in [2.05, 4.69) is 9.97 Å². The Balaban J connectivity index is 1.51. The summed E-state index contributed by atoms with van der Waals surface area (Å²) in [6.45, 7) is 0.329. The molecule has 8 heteroatoms. The van der Waals surface area contributed by atoms with Gasteiger partial charge in [-0.3, -0.25) is 14.3 Å². The van der Waals surface area contributed by atoms with Gasteiger partial charge in [-0.05, 0) is 54.8 Å². The smallest absolute Gasteiger partial charge is 0.238 e. The third-order valence-corrected chi connectivity index (χ3v) is 6.26. The number of nitrogens with two attached hydrogens (primary N) is 1. The molecule has 148 valence electrons. The number of hydrogen-bond donors (Lipinski definition) is 1. The van der Waals surface area contributed by atoms with E-state index in [1.165, 1.54) is 0 Å². The second-order valence-corrected chi connectivity index (χ2v) is 8.24. The predicted octanol–water partition coefficient (Wildman–Crippen LogP) is 3.63. The van der Waals surface area contributed by atoms with Gasteiger partial charge in [-0.25, -0.2) is 9.97 Å². The van der Waals surface area contributed by atoms with Crippen LogP contribution in [0.25, 0.3) is 16.7 Å². The zero-order valence-corrected chi connectivity index (χ0v) is 16.7. The minimum Gasteiger partial charge on any atom is -0.384 e. The topological polar surface area (TPSA) is 89.9 Å². The van der Waals surface area contributed by atoms with Crippen molar-refractivity contribution in [3.63, 3.8) is 0 Å². The van der Waals surface area contributed by atoms with Crippen molar-refractivity contribution >= 4 is 40.0 Å². The van der Waals surface area contributed by atoms with E-state index in [9.17, 15) is 4.79 Å². The SMILES string of the molecule is Nc1ccc(-n2c(CN3C(=O)C4(CC4)c4ccncc43)nc3cc(Cl)ccc32)cn1. The summed E-state index contributed by atoms with van der Waals surface area (Å²) in [6, 6.07) is 11.2. The molecule has 1 fully saturated rings. The molecule has 6 rings (SSSR count). The molecule has 0 radical (unpaired) electrons. The summed E-state index contributed by atoms with van der Waals surface area (Å²) in [4.78, 5) is 28.4. The van der Waals surface area contributed by atoms with Crippen LogP contribution in [0.4, 0.5) is 11.5 Å². The Kier molecular flexibility index (Phi) is 3.50. The Morgan fingerprint density at radius 2 is 2.00 bits per heavy atom. The van der Waals surface area contributed by atoms with E-state index in [1.54, 1.807) is 29.6 Å². The van der Waals surface area contributed by atoms with Crippen LogP contribution in [0.2, 0.25) is 5.02 Å². The minimum absolute atomic E-state index is 0.123. The lowest BCUT2D eigenvalue weighted by atomic mass is 9.99. The van der Waals surface area contributed by atoms with Crippen molar-refractivity contribution in [2.75, 3.05) is 10.6 Å². The molecule has 1 saturated carbocycles. The number of fused-ring (bicyclic) bond motifs is 3. The van der Waals surface area contributed by atoms with Crippen molar-refractivity contribution in [3.8, 4) is 5.69 Å². The zero-order chi connectivity index (χ0) is 20.5. The van der Waals surface area contributed by atoms with Crippen LogP contribution >= 0.6 is 11.6 Å². The van der Waals surface area contributed by atoms with Crippen LogP contribution < -0.4 is 10.6 Å². The molecular weight excluding hydrogens is 400 g/mol. The molecule has 0 saturated heterocycles. The van der Waals surface area contributed by atoms with Crippen LogP contribution in [0.3, 0.4) is 0 Å². The van der Waals surface area contributed by atoms with Gasteiger partial charge in [-0.2, -0.15) is 0 Å². The fraction of sp³-hybridized carbons (Fsp3) is 0.182. The predicted molar refractivity (Wildman–Crippen MR) is 115 cm³/mol. The number of aromatic nitrogens is 4. The number of carbonyl (C=O) groups excluding carboxylic acids is 1. The monoisotopic (exact) mass is 416 g/mol. The molecule has 2 N–H and O–H groups in total. The summed E-state index contributed by atoms with van der Waals surface area (Å²) in [5, 5.41) is 0.609. The highest BCUT2D eigenvalue weighted by atomic mass is 35.5. The maximum absolute atomic E-state index is 13.3. The first kappa shape index (κ1) is 17.4. The number of amides is 1. The molecule has 1 aromatic carbocycles. The van der Waals surface area contributed by atoms with E-state index >= 15 is 0 Å². The lowest BCUT2D eigenvalue weighted by Crippen LogP contribution is -2.32. The Labute approximate surface area is 177 Å². The summed E-state index contributed by atoms with van der Waals surface area (Å²) in [5.74, 6) is 1.29. The molecule has 0 bridgehead atoms. The van der Waals surface area contributed by atoms with E-state index in [0.717, 1.165) is 46.6 Å². The first-order chi connectivity index (χ1) is 14.6. The van der Waals surface area contributed by atoms with Gasteiger partial charge >= 0.3 is 0 Å². The number of carbonyl (C=O) groups is 1. The Morgan fingerprint density at radius 1 is 1.13 bits per heavy atom. The Morgan fingerprint density at radius 3 is 2.77 bits per heavy atom. The highest BCUT2D eigenvalue weighted by molar-refractivity contribution is 6.31. The van der Waals surface area contributed by atoms with Crippen LogP contribution in [0.5, 0.6) is 0 Å². The first-order valence-corrected chi connectivity index (χ1v) is 10.1. The van der Waals surface area contributed by atoms with Gasteiger partial charge in [0.05, 0.1) is 46.8 Å². The molecule has 3 aromatic heterocycles. The lowest BCUT2D eigenvalue weighted by Gasteiger charge is -2.18. The van der Waals surface area contributed by atoms with Gasteiger partial charge < -0.3 is 10.6 Å². The summed E-state index contributed by atoms with van der Waals surface area (Å²) >= 11 is 6.20. The molecule has 4 heterocycles. The number of nitrogen functional groups attached to an aromatic ring is 1. The maximum atomic E-state index is 13.3. The highest BCUT2D eigenvalue weighted by Crippen LogP contribution is 2.57. The van der Waals surface area contributed by atoms with Crippen LogP contribution in [0.15, 0.2) is 55.0 Å². The van der Waals surface area contributed by atoms with Gasteiger partial charge in [0.1, 0.15) is 11.6 Å². The van der Waals surface area contributed by atoms with Crippen molar-refractivity contribution in [2.45, 2.75) is 24.8 Å². The number of imidazole rings is 1. The van der Waals surface area contributed by atoms with Gasteiger partial charge in [0.2, 0.25) is 5.91 Å². The number of nitrogens with zero attached hydrogens (tertiary/aromatic N) is 5. The van der Waals surface area contributed by atoms with E-state index in [4.69, 9.17) is 22.3 Å². The number of halogens is 1. The Hall–Kier alpha value is -3.45. The van der Waals surface area contributed by atoms with E-state index in [-0.39, 0.29) is 11.3 Å². The molecule has 0 atom stereocenters. The molecule has 4 aromatic rings. The summed E-state index contributed by atoms with van der Waals surface area (Å²) in [5.41, 5.74) is 9.81. The van der Waals surface area contributed by atoms with Gasteiger partial charge in [-0.1, -0.05) is 11.6 Å². The van der Waals surface area contributed by atoms with Crippen molar-refractivity contribution in [2.24, 2.45) is 0 Å². The fourth-order valence-corrected chi connectivity index (χ4v) is 4.59. The van der Waals surface area contributed by atoms with Crippen molar-refractivity contribution in [3.05, 3.63) is 71.4 Å². The van der Waals surface area contributed by atoms with E-state index in [1.807, 2.05) is 34.9 Å². The lowest BCUT2D eigenvalue weighted by molar-refractivity contribution is -0.120. The molecule has 7 nitrogen and oxygen atoms in total. The third-order valence-electron chi connectivity index (χ3n) is 6.03. The maximum Gasteiger partial charge on any atom is 0.238 e. The molecule has 0 unspecified atom stereocenters. The van der Waals surface area contributed by atoms with Gasteiger partial charge in [-0.15, -0.1) is 0 Å².